The van der Waals surface area contributed by atoms with Gasteiger partial charge in [0.25, 0.3) is 5.91 Å². The summed E-state index contributed by atoms with van der Waals surface area (Å²) >= 11 is 0. The van der Waals surface area contributed by atoms with Crippen LogP contribution in [0.1, 0.15) is 17.3 Å². The molecule has 0 aliphatic rings. The number of hydrogen-bond acceptors (Lipinski definition) is 4. The van der Waals surface area contributed by atoms with Crippen LogP contribution in [0.2, 0.25) is 0 Å². The Labute approximate surface area is 157 Å². The molecule has 0 spiro atoms. The first-order chi connectivity index (χ1) is 13.0. The number of phenolic OH excluding ortho intramolecular Hbond substituents is 1. The normalized spacial score (nSPS) is 11.4. The van der Waals surface area contributed by atoms with Gasteiger partial charge in [0.15, 0.2) is 6.10 Å². The molecule has 0 unspecified atom stereocenters. The molecule has 3 rings (SSSR count). The summed E-state index contributed by atoms with van der Waals surface area (Å²) in [6.45, 7) is 1.53. The van der Waals surface area contributed by atoms with Crippen molar-refractivity contribution in [3.63, 3.8) is 0 Å². The number of aromatic hydroxyl groups is 1. The summed E-state index contributed by atoms with van der Waals surface area (Å²) in [5, 5.41) is 12.0. The Morgan fingerprint density at radius 2 is 1.41 bits per heavy atom. The fraction of sp³-hybridized carbons (Fsp3) is 0.0909. The number of carbonyl (C=O) groups excluding carboxylic acids is 2. The molecule has 3 aromatic rings. The number of phenols is 1. The Kier molecular flexibility index (Phi) is 5.52. The van der Waals surface area contributed by atoms with E-state index >= 15 is 0 Å². The Balaban J connectivity index is 1.62. The van der Waals surface area contributed by atoms with Gasteiger partial charge in [0, 0.05) is 5.69 Å². The van der Waals surface area contributed by atoms with Gasteiger partial charge in [0.2, 0.25) is 0 Å². The fourth-order valence-electron chi connectivity index (χ4n) is 2.50. The second kappa shape index (κ2) is 8.19. The number of nitrogens with one attached hydrogen (secondary N) is 1. The zero-order valence-electron chi connectivity index (χ0n) is 14.8. The molecule has 0 aromatic heterocycles. The molecule has 5 nitrogen and oxygen atoms in total. The third-order valence-corrected chi connectivity index (χ3v) is 4.02. The highest BCUT2D eigenvalue weighted by Crippen LogP contribution is 2.22. The van der Waals surface area contributed by atoms with Gasteiger partial charge in [-0.15, -0.1) is 0 Å². The van der Waals surface area contributed by atoms with E-state index in [1.54, 1.807) is 60.7 Å². The third kappa shape index (κ3) is 4.73. The number of ether oxygens (including phenoxy) is 1. The monoisotopic (exact) mass is 361 g/mol. The van der Waals surface area contributed by atoms with Gasteiger partial charge in [-0.05, 0) is 54.4 Å². The SMILES string of the molecule is C[C@@H](OC(=O)c1ccc(-c2ccc(O)cc2)cc1)C(=O)Nc1ccccc1. The lowest BCUT2D eigenvalue weighted by molar-refractivity contribution is -0.123. The third-order valence-electron chi connectivity index (χ3n) is 4.02. The van der Waals surface area contributed by atoms with Gasteiger partial charge in [-0.2, -0.15) is 0 Å². The maximum Gasteiger partial charge on any atom is 0.338 e. The van der Waals surface area contributed by atoms with Gasteiger partial charge in [0.05, 0.1) is 5.56 Å². The average molecular weight is 361 g/mol. The molecule has 27 heavy (non-hydrogen) atoms. The Morgan fingerprint density at radius 1 is 0.852 bits per heavy atom. The molecule has 0 aliphatic heterocycles. The number of esters is 1. The number of benzene rings is 3. The van der Waals surface area contributed by atoms with Crippen molar-refractivity contribution in [3.05, 3.63) is 84.4 Å². The Bertz CT molecular complexity index is 919. The number of carbonyl (C=O) groups is 2. The van der Waals surface area contributed by atoms with Gasteiger partial charge in [-0.1, -0.05) is 42.5 Å². The maximum atomic E-state index is 12.3. The van der Waals surface area contributed by atoms with Crippen molar-refractivity contribution in [2.24, 2.45) is 0 Å². The molecular weight excluding hydrogens is 342 g/mol. The van der Waals surface area contributed by atoms with Crippen molar-refractivity contribution in [1.29, 1.82) is 0 Å². The van der Waals surface area contributed by atoms with E-state index in [4.69, 9.17) is 4.74 Å². The van der Waals surface area contributed by atoms with E-state index in [-0.39, 0.29) is 5.75 Å². The largest absolute Gasteiger partial charge is 0.508 e. The highest BCUT2D eigenvalue weighted by Gasteiger charge is 2.19. The van der Waals surface area contributed by atoms with Crippen molar-refractivity contribution < 1.29 is 19.4 Å². The predicted octanol–water partition coefficient (Wildman–Crippen LogP) is 4.24. The minimum Gasteiger partial charge on any atom is -0.508 e. The van der Waals surface area contributed by atoms with Crippen LogP contribution in [0, 0.1) is 0 Å². The molecule has 2 N–H and O–H groups in total. The summed E-state index contributed by atoms with van der Waals surface area (Å²) < 4.78 is 5.25. The summed E-state index contributed by atoms with van der Waals surface area (Å²) in [6, 6.07) is 22.6. The van der Waals surface area contributed by atoms with Gasteiger partial charge in [0.1, 0.15) is 5.75 Å². The first-order valence-electron chi connectivity index (χ1n) is 8.49. The fourth-order valence-corrected chi connectivity index (χ4v) is 2.50. The number of amides is 1. The molecule has 0 saturated carbocycles. The van der Waals surface area contributed by atoms with E-state index in [9.17, 15) is 14.7 Å². The van der Waals surface area contributed by atoms with E-state index in [1.165, 1.54) is 6.92 Å². The van der Waals surface area contributed by atoms with Crippen LogP contribution < -0.4 is 5.32 Å². The van der Waals surface area contributed by atoms with Crippen molar-refractivity contribution in [1.82, 2.24) is 0 Å². The van der Waals surface area contributed by atoms with Crippen molar-refractivity contribution in [2.75, 3.05) is 5.32 Å². The number of hydrogen-bond donors (Lipinski definition) is 2. The Hall–Kier alpha value is -3.60. The molecule has 0 aliphatic carbocycles. The molecule has 3 aromatic carbocycles. The van der Waals surface area contributed by atoms with Crippen LogP contribution in [0.15, 0.2) is 78.9 Å². The summed E-state index contributed by atoms with van der Waals surface area (Å²) in [7, 11) is 0. The lowest BCUT2D eigenvalue weighted by Gasteiger charge is -2.13. The molecule has 1 amide bonds. The summed E-state index contributed by atoms with van der Waals surface area (Å²) in [4.78, 5) is 24.4. The second-order valence-electron chi connectivity index (χ2n) is 6.03. The smallest absolute Gasteiger partial charge is 0.338 e. The standard InChI is InChI=1S/C22H19NO4/c1-15(21(25)23-19-5-3-2-4-6-19)27-22(26)18-9-7-16(8-10-18)17-11-13-20(24)14-12-17/h2-15,24H,1H3,(H,23,25)/t15-/m1/s1. The highest BCUT2D eigenvalue weighted by atomic mass is 16.5. The maximum absolute atomic E-state index is 12.3. The predicted molar refractivity (Wildman–Crippen MR) is 103 cm³/mol. The summed E-state index contributed by atoms with van der Waals surface area (Å²) in [5.74, 6) is -0.764. The number of rotatable bonds is 5. The minimum absolute atomic E-state index is 0.196. The molecule has 136 valence electrons. The van der Waals surface area contributed by atoms with Crippen molar-refractivity contribution >= 4 is 17.6 Å². The van der Waals surface area contributed by atoms with Crippen molar-refractivity contribution in [2.45, 2.75) is 13.0 Å². The van der Waals surface area contributed by atoms with Crippen LogP contribution in [-0.4, -0.2) is 23.1 Å². The molecule has 0 bridgehead atoms. The zero-order valence-corrected chi connectivity index (χ0v) is 14.8. The van der Waals surface area contributed by atoms with Gasteiger partial charge in [-0.25, -0.2) is 4.79 Å². The second-order valence-corrected chi connectivity index (χ2v) is 6.03. The first kappa shape index (κ1) is 18.2. The van der Waals surface area contributed by atoms with Crippen LogP contribution in [0.3, 0.4) is 0 Å². The zero-order chi connectivity index (χ0) is 19.2. The lowest BCUT2D eigenvalue weighted by atomic mass is 10.0. The Morgan fingerprint density at radius 3 is 2.00 bits per heavy atom. The quantitative estimate of drug-likeness (QED) is 0.667. The molecule has 1 atom stereocenters. The summed E-state index contributed by atoms with van der Waals surface area (Å²) in [6.07, 6.45) is -0.922. The highest BCUT2D eigenvalue weighted by molar-refractivity contribution is 5.97. The molecule has 0 heterocycles. The molecule has 0 radical (unpaired) electrons. The molecular formula is C22H19NO4. The summed E-state index contributed by atoms with van der Waals surface area (Å²) in [5.41, 5.74) is 2.82. The van der Waals surface area contributed by atoms with E-state index in [0.717, 1.165) is 11.1 Å². The van der Waals surface area contributed by atoms with E-state index in [1.807, 2.05) is 18.2 Å². The average Bonchev–Trinajstić information content (AvgIpc) is 2.69. The molecule has 5 heteroatoms. The van der Waals surface area contributed by atoms with Crippen LogP contribution in [0.25, 0.3) is 11.1 Å². The van der Waals surface area contributed by atoms with Crippen LogP contribution in [-0.2, 0) is 9.53 Å². The van der Waals surface area contributed by atoms with Crippen molar-refractivity contribution in [3.8, 4) is 16.9 Å². The molecule has 0 saturated heterocycles. The van der Waals surface area contributed by atoms with Gasteiger partial charge in [-0.3, -0.25) is 4.79 Å². The van der Waals surface area contributed by atoms with Gasteiger partial charge < -0.3 is 15.2 Å². The first-order valence-corrected chi connectivity index (χ1v) is 8.49. The van der Waals surface area contributed by atoms with E-state index < -0.39 is 18.0 Å². The van der Waals surface area contributed by atoms with E-state index in [2.05, 4.69) is 5.32 Å². The topological polar surface area (TPSA) is 75.6 Å². The van der Waals surface area contributed by atoms with Crippen LogP contribution >= 0.6 is 0 Å². The van der Waals surface area contributed by atoms with E-state index in [0.29, 0.717) is 11.3 Å². The minimum atomic E-state index is -0.922. The molecule has 0 fully saturated rings. The number of anilines is 1. The number of para-hydroxylation sites is 1. The van der Waals surface area contributed by atoms with Crippen LogP contribution in [0.5, 0.6) is 5.75 Å². The lowest BCUT2D eigenvalue weighted by Crippen LogP contribution is -2.29. The van der Waals surface area contributed by atoms with Crippen LogP contribution in [0.4, 0.5) is 5.69 Å². The van der Waals surface area contributed by atoms with Gasteiger partial charge >= 0.3 is 5.97 Å².